The molecule has 0 bridgehead atoms. The number of nitrogens with one attached hydrogen (secondary N) is 1. The van der Waals surface area contributed by atoms with Gasteiger partial charge in [0.25, 0.3) is 0 Å². The molecule has 3 atom stereocenters. The molecule has 3 rings (SSSR count). The molecule has 20 heavy (non-hydrogen) atoms. The summed E-state index contributed by atoms with van der Waals surface area (Å²) in [6.07, 6.45) is 10.3. The van der Waals surface area contributed by atoms with Crippen LogP contribution in [0.15, 0.2) is 6.20 Å². The fourth-order valence-electron chi connectivity index (χ4n) is 3.71. The molecule has 2 heterocycles. The van der Waals surface area contributed by atoms with Crippen LogP contribution in [0.5, 0.6) is 0 Å². The van der Waals surface area contributed by atoms with Crippen molar-refractivity contribution in [1.29, 1.82) is 0 Å². The van der Waals surface area contributed by atoms with Crippen LogP contribution in [-0.2, 0) is 0 Å². The van der Waals surface area contributed by atoms with Crippen LogP contribution in [0, 0.1) is 5.92 Å². The summed E-state index contributed by atoms with van der Waals surface area (Å²) < 4.78 is 0. The minimum Gasteiger partial charge on any atom is -0.345 e. The van der Waals surface area contributed by atoms with Crippen LogP contribution in [0.2, 0.25) is 0 Å². The molecule has 1 N–H and O–H groups in total. The molecule has 3 unspecified atom stereocenters. The lowest BCUT2D eigenvalue weighted by atomic mass is 9.85. The zero-order chi connectivity index (χ0) is 13.9. The molecule has 0 aromatic carbocycles. The maximum atomic E-state index is 4.72. The molecule has 2 aliphatic rings. The highest BCUT2D eigenvalue weighted by molar-refractivity contribution is 7.15. The number of nitrogens with zero attached hydrogens (tertiary/aromatic N) is 2. The monoisotopic (exact) mass is 293 g/mol. The Hall–Kier alpha value is -0.610. The number of hydrogen-bond donors (Lipinski definition) is 1. The normalized spacial score (nSPS) is 27.6. The van der Waals surface area contributed by atoms with Gasteiger partial charge in [-0.15, -0.1) is 11.3 Å². The average Bonchev–Trinajstić information content (AvgIpc) is 3.10. The number of hydrogen-bond acceptors (Lipinski definition) is 4. The predicted octanol–water partition coefficient (Wildman–Crippen LogP) is 3.97. The lowest BCUT2D eigenvalue weighted by Crippen LogP contribution is -2.34. The van der Waals surface area contributed by atoms with E-state index < -0.39 is 0 Å². The second-order valence-corrected chi connectivity index (χ2v) is 7.36. The van der Waals surface area contributed by atoms with Crippen LogP contribution in [0.4, 0.5) is 5.13 Å². The van der Waals surface area contributed by atoms with Gasteiger partial charge in [-0.25, -0.2) is 4.98 Å². The number of fused-ring (bicyclic) bond motifs is 1. The molecule has 1 aromatic heterocycles. The Morgan fingerprint density at radius 3 is 3.10 bits per heavy atom. The van der Waals surface area contributed by atoms with Crippen molar-refractivity contribution >= 4 is 16.5 Å². The molecule has 1 saturated carbocycles. The van der Waals surface area contributed by atoms with Gasteiger partial charge in [0.2, 0.25) is 0 Å². The quantitative estimate of drug-likeness (QED) is 0.890. The van der Waals surface area contributed by atoms with Crippen LogP contribution in [0.3, 0.4) is 0 Å². The average molecular weight is 293 g/mol. The van der Waals surface area contributed by atoms with E-state index in [0.717, 1.165) is 18.5 Å². The maximum Gasteiger partial charge on any atom is 0.185 e. The van der Waals surface area contributed by atoms with Gasteiger partial charge in [0, 0.05) is 29.7 Å². The first kappa shape index (κ1) is 14.3. The molecule has 3 nitrogen and oxygen atoms in total. The summed E-state index contributed by atoms with van der Waals surface area (Å²) in [5.41, 5.74) is 0. The van der Waals surface area contributed by atoms with Crippen molar-refractivity contribution in [2.24, 2.45) is 5.92 Å². The molecule has 2 fully saturated rings. The minimum atomic E-state index is 0.436. The van der Waals surface area contributed by atoms with Crippen LogP contribution in [0.25, 0.3) is 0 Å². The summed E-state index contributed by atoms with van der Waals surface area (Å²) >= 11 is 1.90. The van der Waals surface area contributed by atoms with Crippen molar-refractivity contribution in [1.82, 2.24) is 10.3 Å². The summed E-state index contributed by atoms with van der Waals surface area (Å²) in [4.78, 5) is 8.71. The van der Waals surface area contributed by atoms with Gasteiger partial charge in [-0.1, -0.05) is 19.8 Å². The van der Waals surface area contributed by atoms with E-state index in [9.17, 15) is 0 Å². The van der Waals surface area contributed by atoms with Crippen molar-refractivity contribution in [2.45, 2.75) is 64.5 Å². The topological polar surface area (TPSA) is 28.2 Å². The van der Waals surface area contributed by atoms with E-state index >= 15 is 0 Å². The molecule has 1 aliphatic carbocycles. The van der Waals surface area contributed by atoms with Crippen LogP contribution >= 0.6 is 11.3 Å². The lowest BCUT2D eigenvalue weighted by Gasteiger charge is -2.31. The van der Waals surface area contributed by atoms with Crippen LogP contribution < -0.4 is 10.2 Å². The predicted molar refractivity (Wildman–Crippen MR) is 86.5 cm³/mol. The second-order valence-electron chi connectivity index (χ2n) is 6.31. The number of anilines is 1. The lowest BCUT2D eigenvalue weighted by molar-refractivity contribution is 0.342. The molecule has 0 radical (unpaired) electrons. The third-order valence-electron chi connectivity index (χ3n) is 4.89. The van der Waals surface area contributed by atoms with Gasteiger partial charge in [0.05, 0.1) is 0 Å². The first-order valence-corrected chi connectivity index (χ1v) is 9.07. The first-order chi connectivity index (χ1) is 9.79. The Labute approximate surface area is 126 Å². The van der Waals surface area contributed by atoms with E-state index in [2.05, 4.69) is 30.3 Å². The summed E-state index contributed by atoms with van der Waals surface area (Å²) in [6.45, 7) is 6.77. The highest BCUT2D eigenvalue weighted by atomic mass is 32.1. The smallest absolute Gasteiger partial charge is 0.185 e. The largest absolute Gasteiger partial charge is 0.345 e. The Morgan fingerprint density at radius 2 is 2.25 bits per heavy atom. The summed E-state index contributed by atoms with van der Waals surface area (Å²) in [5, 5.41) is 4.82. The Morgan fingerprint density at radius 1 is 1.40 bits per heavy atom. The van der Waals surface area contributed by atoms with Crippen molar-refractivity contribution in [2.75, 3.05) is 18.0 Å². The van der Waals surface area contributed by atoms with E-state index in [4.69, 9.17) is 4.98 Å². The first-order valence-electron chi connectivity index (χ1n) is 8.25. The minimum absolute atomic E-state index is 0.436. The van der Waals surface area contributed by atoms with E-state index in [1.54, 1.807) is 0 Å². The van der Waals surface area contributed by atoms with Gasteiger partial charge in [-0.2, -0.15) is 0 Å². The van der Waals surface area contributed by atoms with Gasteiger partial charge in [-0.05, 0) is 45.1 Å². The number of thiazole rings is 1. The standard InChI is InChI=1S/C16H27N3S/c1-3-9-17-12(2)15-11-18-16(20-15)19-10-8-13-6-4-5-7-14(13)19/h11-14,17H,3-10H2,1-2H3. The second kappa shape index (κ2) is 6.44. The van der Waals surface area contributed by atoms with E-state index in [0.29, 0.717) is 6.04 Å². The molecule has 1 aliphatic heterocycles. The summed E-state index contributed by atoms with van der Waals surface area (Å²) in [7, 11) is 0. The number of aromatic nitrogens is 1. The molecule has 0 amide bonds. The molecule has 0 spiro atoms. The van der Waals surface area contributed by atoms with Crippen LogP contribution in [0.1, 0.15) is 63.3 Å². The Kier molecular flexibility index (Phi) is 4.61. The van der Waals surface area contributed by atoms with E-state index in [-0.39, 0.29) is 0 Å². The highest BCUT2D eigenvalue weighted by Gasteiger charge is 2.36. The van der Waals surface area contributed by atoms with Gasteiger partial charge in [0.15, 0.2) is 5.13 Å². The molecule has 112 valence electrons. The number of rotatable bonds is 5. The summed E-state index contributed by atoms with van der Waals surface area (Å²) in [6, 6.07) is 1.22. The SMILES string of the molecule is CCCNC(C)c1cnc(N2CCC3CCCCC32)s1. The van der Waals surface area contributed by atoms with Gasteiger partial charge >= 0.3 is 0 Å². The van der Waals surface area contributed by atoms with Gasteiger partial charge in [-0.3, -0.25) is 0 Å². The van der Waals surface area contributed by atoms with Gasteiger partial charge in [0.1, 0.15) is 0 Å². The van der Waals surface area contributed by atoms with E-state index in [1.165, 1.54) is 55.1 Å². The third-order valence-corrected chi connectivity index (χ3v) is 6.11. The van der Waals surface area contributed by atoms with Crippen molar-refractivity contribution in [3.05, 3.63) is 11.1 Å². The molecule has 1 aromatic rings. The fraction of sp³-hybridized carbons (Fsp3) is 0.812. The molecule has 4 heteroatoms. The zero-order valence-corrected chi connectivity index (χ0v) is 13.6. The van der Waals surface area contributed by atoms with E-state index in [1.807, 2.05) is 11.3 Å². The third kappa shape index (κ3) is 2.86. The molecule has 1 saturated heterocycles. The maximum absolute atomic E-state index is 4.72. The summed E-state index contributed by atoms with van der Waals surface area (Å²) in [5.74, 6) is 0.937. The fourth-order valence-corrected chi connectivity index (χ4v) is 4.74. The Balaban J connectivity index is 1.67. The highest BCUT2D eigenvalue weighted by Crippen LogP contribution is 2.40. The Bertz CT molecular complexity index is 431. The molecular weight excluding hydrogens is 266 g/mol. The van der Waals surface area contributed by atoms with Crippen molar-refractivity contribution in [3.63, 3.8) is 0 Å². The van der Waals surface area contributed by atoms with Gasteiger partial charge < -0.3 is 10.2 Å². The molecular formula is C16H27N3S. The van der Waals surface area contributed by atoms with Crippen molar-refractivity contribution < 1.29 is 0 Å². The van der Waals surface area contributed by atoms with Crippen molar-refractivity contribution in [3.8, 4) is 0 Å². The van der Waals surface area contributed by atoms with Crippen LogP contribution in [-0.4, -0.2) is 24.1 Å². The zero-order valence-electron chi connectivity index (χ0n) is 12.8.